The molecule has 0 radical (unpaired) electrons. The lowest BCUT2D eigenvalue weighted by molar-refractivity contribution is -0.149. The summed E-state index contributed by atoms with van der Waals surface area (Å²) in [4.78, 5) is 38.8. The van der Waals surface area contributed by atoms with E-state index in [1.807, 2.05) is 50.2 Å². The minimum atomic E-state index is -1.03. The minimum Gasteiger partial charge on any atom is -0.480 e. The summed E-state index contributed by atoms with van der Waals surface area (Å²) in [7, 11) is 0. The molecule has 8 heteroatoms. The highest BCUT2D eigenvalue weighted by Crippen LogP contribution is 2.44. The second kappa shape index (κ2) is 9.87. The molecule has 0 bridgehead atoms. The monoisotopic (exact) mass is 468 g/mol. The third kappa shape index (κ3) is 4.57. The number of thioether (sulfide) groups is 1. The van der Waals surface area contributed by atoms with Gasteiger partial charge in [-0.15, -0.1) is 11.8 Å². The van der Waals surface area contributed by atoms with Crippen LogP contribution in [0.3, 0.4) is 0 Å². The summed E-state index contributed by atoms with van der Waals surface area (Å²) < 4.78 is 5.61. The fourth-order valence-corrected chi connectivity index (χ4v) is 5.65. The highest BCUT2D eigenvalue weighted by atomic mass is 32.2. The molecule has 33 heavy (non-hydrogen) atoms. The molecule has 1 fully saturated rings. The van der Waals surface area contributed by atoms with E-state index in [1.54, 1.807) is 0 Å². The fraction of sp³-hybridized carbons (Fsp3) is 0.400. The van der Waals surface area contributed by atoms with Gasteiger partial charge in [-0.25, -0.2) is 9.59 Å². The summed E-state index contributed by atoms with van der Waals surface area (Å²) in [6.45, 7) is 3.95. The number of amides is 2. The minimum absolute atomic E-state index is 0.0766. The maximum Gasteiger partial charge on any atom is 0.407 e. The van der Waals surface area contributed by atoms with Gasteiger partial charge in [0.1, 0.15) is 18.7 Å². The number of hydrogen-bond acceptors (Lipinski definition) is 5. The van der Waals surface area contributed by atoms with Crippen molar-refractivity contribution in [2.75, 3.05) is 18.2 Å². The third-order valence-corrected chi connectivity index (χ3v) is 7.56. The lowest BCUT2D eigenvalue weighted by atomic mass is 9.97. The molecule has 4 rings (SSSR count). The normalized spacial score (nSPS) is 18.8. The van der Waals surface area contributed by atoms with Crippen LogP contribution in [-0.2, 0) is 14.3 Å². The number of aliphatic carboxylic acids is 1. The molecule has 0 aromatic heterocycles. The van der Waals surface area contributed by atoms with Gasteiger partial charge in [-0.2, -0.15) is 0 Å². The summed E-state index contributed by atoms with van der Waals surface area (Å²) in [6, 6.07) is 14.4. The van der Waals surface area contributed by atoms with Gasteiger partial charge in [-0.05, 0) is 28.2 Å². The topological polar surface area (TPSA) is 95.9 Å². The molecule has 7 nitrogen and oxygen atoms in total. The van der Waals surface area contributed by atoms with Crippen molar-refractivity contribution >= 4 is 29.7 Å². The quantitative estimate of drug-likeness (QED) is 0.639. The molecule has 2 N–H and O–H groups in total. The Bertz CT molecular complexity index is 1010. The summed E-state index contributed by atoms with van der Waals surface area (Å²) in [6.07, 6.45) is -0.0204. The molecular formula is C25H28N2O5S. The highest BCUT2D eigenvalue weighted by Gasteiger charge is 2.40. The van der Waals surface area contributed by atoms with Crippen LogP contribution in [0.4, 0.5) is 4.79 Å². The standard InChI is InChI=1S/C25H28N2O5S/c1-3-15(2)22(23(28)27-14-33-13-21(27)24(29)30)26-25(31)32-12-20-18-10-6-4-8-16(18)17-9-5-7-11-19(17)20/h4-11,15,20-22H,3,12-14H2,1-2H3,(H,26,31)(H,29,30)/t15?,21?,22-/m0/s1. The van der Waals surface area contributed by atoms with Crippen LogP contribution >= 0.6 is 11.8 Å². The van der Waals surface area contributed by atoms with E-state index >= 15 is 0 Å². The van der Waals surface area contributed by atoms with E-state index in [9.17, 15) is 19.5 Å². The van der Waals surface area contributed by atoms with Crippen molar-refractivity contribution in [1.82, 2.24) is 10.2 Å². The van der Waals surface area contributed by atoms with Gasteiger partial charge >= 0.3 is 12.1 Å². The molecule has 2 aromatic rings. The Morgan fingerprint density at radius 1 is 1.12 bits per heavy atom. The number of nitrogens with zero attached hydrogens (tertiary/aromatic N) is 1. The van der Waals surface area contributed by atoms with Gasteiger partial charge in [0, 0.05) is 11.7 Å². The van der Waals surface area contributed by atoms with Crippen molar-refractivity contribution in [3.8, 4) is 11.1 Å². The summed E-state index contributed by atoms with van der Waals surface area (Å²) in [5, 5.41) is 12.2. The van der Waals surface area contributed by atoms with Crippen LogP contribution in [0.15, 0.2) is 48.5 Å². The van der Waals surface area contributed by atoms with E-state index in [0.29, 0.717) is 18.1 Å². The molecule has 3 atom stereocenters. The predicted octanol–water partition coefficient (Wildman–Crippen LogP) is 3.93. The number of carbonyl (C=O) groups excluding carboxylic acids is 2. The van der Waals surface area contributed by atoms with Crippen molar-refractivity contribution in [3.05, 3.63) is 59.7 Å². The van der Waals surface area contributed by atoms with Crippen LogP contribution in [-0.4, -0.2) is 58.3 Å². The van der Waals surface area contributed by atoms with Crippen LogP contribution in [0.2, 0.25) is 0 Å². The van der Waals surface area contributed by atoms with Crippen molar-refractivity contribution in [1.29, 1.82) is 0 Å². The SMILES string of the molecule is CCC(C)[C@H](NC(=O)OCC1c2ccccc2-c2ccccc21)C(=O)N1CSCC1C(=O)O. The molecule has 1 saturated heterocycles. The zero-order chi connectivity index (χ0) is 23.5. The molecule has 2 aliphatic rings. The van der Waals surface area contributed by atoms with Gasteiger partial charge in [0.2, 0.25) is 5.91 Å². The van der Waals surface area contributed by atoms with E-state index in [2.05, 4.69) is 17.4 Å². The smallest absolute Gasteiger partial charge is 0.407 e. The Balaban J connectivity index is 1.46. The van der Waals surface area contributed by atoms with Crippen LogP contribution < -0.4 is 5.32 Å². The highest BCUT2D eigenvalue weighted by molar-refractivity contribution is 7.99. The average Bonchev–Trinajstić information content (AvgIpc) is 3.44. The summed E-state index contributed by atoms with van der Waals surface area (Å²) in [5.74, 6) is -1.01. The maximum absolute atomic E-state index is 13.2. The second-order valence-corrected chi connectivity index (χ2v) is 9.49. The lowest BCUT2D eigenvalue weighted by Gasteiger charge is -2.29. The number of ether oxygens (including phenoxy) is 1. The number of rotatable bonds is 7. The van der Waals surface area contributed by atoms with E-state index in [4.69, 9.17) is 4.74 Å². The Labute approximate surface area is 197 Å². The Hall–Kier alpha value is -3.00. The number of nitrogens with one attached hydrogen (secondary N) is 1. The molecule has 2 amide bonds. The third-order valence-electron chi connectivity index (χ3n) is 6.55. The number of fused-ring (bicyclic) bond motifs is 3. The van der Waals surface area contributed by atoms with E-state index in [-0.39, 0.29) is 24.3 Å². The molecule has 174 valence electrons. The van der Waals surface area contributed by atoms with Gasteiger partial charge in [0.05, 0.1) is 5.88 Å². The van der Waals surface area contributed by atoms with E-state index in [0.717, 1.165) is 22.3 Å². The van der Waals surface area contributed by atoms with Crippen molar-refractivity contribution in [2.45, 2.75) is 38.3 Å². The van der Waals surface area contributed by atoms with Gasteiger partial charge in [-0.3, -0.25) is 4.79 Å². The van der Waals surface area contributed by atoms with E-state index < -0.39 is 24.1 Å². The van der Waals surface area contributed by atoms with Crippen LogP contribution in [0.25, 0.3) is 11.1 Å². The molecule has 2 unspecified atom stereocenters. The number of benzene rings is 2. The summed E-state index contributed by atoms with van der Waals surface area (Å²) in [5.41, 5.74) is 4.50. The molecule has 2 aromatic carbocycles. The average molecular weight is 469 g/mol. The first-order valence-electron chi connectivity index (χ1n) is 11.1. The predicted molar refractivity (Wildman–Crippen MR) is 127 cm³/mol. The lowest BCUT2D eigenvalue weighted by Crippen LogP contribution is -2.54. The number of carbonyl (C=O) groups is 3. The molecule has 0 spiro atoms. The number of alkyl carbamates (subject to hydrolysis) is 1. The maximum atomic E-state index is 13.2. The Morgan fingerprint density at radius 2 is 1.73 bits per heavy atom. The molecular weight excluding hydrogens is 440 g/mol. The van der Waals surface area contributed by atoms with Gasteiger partial charge in [0.25, 0.3) is 0 Å². The second-order valence-electron chi connectivity index (χ2n) is 8.50. The molecule has 1 aliphatic heterocycles. The first kappa shape index (κ1) is 23.2. The van der Waals surface area contributed by atoms with Crippen LogP contribution in [0.1, 0.15) is 37.3 Å². The Morgan fingerprint density at radius 3 is 2.30 bits per heavy atom. The molecule has 1 heterocycles. The van der Waals surface area contributed by atoms with Gasteiger partial charge < -0.3 is 20.1 Å². The van der Waals surface area contributed by atoms with Crippen LogP contribution in [0.5, 0.6) is 0 Å². The number of hydrogen-bond donors (Lipinski definition) is 2. The summed E-state index contributed by atoms with van der Waals surface area (Å²) >= 11 is 1.40. The van der Waals surface area contributed by atoms with Crippen molar-refractivity contribution in [3.63, 3.8) is 0 Å². The number of carboxylic acid groups (broad SMARTS) is 1. The number of carboxylic acids is 1. The zero-order valence-electron chi connectivity index (χ0n) is 18.7. The Kier molecular flexibility index (Phi) is 6.93. The van der Waals surface area contributed by atoms with E-state index in [1.165, 1.54) is 16.7 Å². The first-order chi connectivity index (χ1) is 15.9. The zero-order valence-corrected chi connectivity index (χ0v) is 19.5. The molecule has 0 saturated carbocycles. The van der Waals surface area contributed by atoms with Crippen molar-refractivity contribution < 1.29 is 24.2 Å². The fourth-order valence-electron chi connectivity index (χ4n) is 4.49. The molecule has 1 aliphatic carbocycles. The van der Waals surface area contributed by atoms with Gasteiger partial charge in [0.15, 0.2) is 0 Å². The van der Waals surface area contributed by atoms with Crippen LogP contribution in [0, 0.1) is 5.92 Å². The van der Waals surface area contributed by atoms with Gasteiger partial charge in [-0.1, -0.05) is 68.8 Å². The largest absolute Gasteiger partial charge is 0.480 e. The van der Waals surface area contributed by atoms with Crippen molar-refractivity contribution in [2.24, 2.45) is 5.92 Å². The first-order valence-corrected chi connectivity index (χ1v) is 12.3.